The molecule has 0 radical (unpaired) electrons. The third kappa shape index (κ3) is 3.18. The van der Waals surface area contributed by atoms with Crippen LogP contribution in [0.5, 0.6) is 5.75 Å². The van der Waals surface area contributed by atoms with Gasteiger partial charge in [-0.05, 0) is 54.5 Å². The maximum absolute atomic E-state index is 6.56. The van der Waals surface area contributed by atoms with E-state index in [4.69, 9.17) is 4.74 Å². The molecule has 0 bridgehead atoms. The summed E-state index contributed by atoms with van der Waals surface area (Å²) in [5.41, 5.74) is 5.37. The van der Waals surface area contributed by atoms with E-state index in [9.17, 15) is 0 Å². The number of ether oxygens (including phenoxy) is 1. The molecule has 0 aromatic heterocycles. The molecular formula is C25H31NO. The fourth-order valence-electron chi connectivity index (χ4n) is 5.57. The standard InChI is InChI=1S/C25H31NO/c1-18-6-8-20(9-7-18)21-10-11-24-22(16-21)17-25(27-24)12-14-26(15-13-25)23-5-3-4-19(23)2/h6-11,16,19,23H,3-5,12-15,17H2,1-2H3. The predicted octanol–water partition coefficient (Wildman–Crippen LogP) is 5.62. The van der Waals surface area contributed by atoms with Gasteiger partial charge in [0.2, 0.25) is 0 Å². The Labute approximate surface area is 163 Å². The van der Waals surface area contributed by atoms with Gasteiger partial charge in [-0.2, -0.15) is 0 Å². The topological polar surface area (TPSA) is 12.5 Å². The molecule has 2 aromatic rings. The number of benzene rings is 2. The molecule has 3 aliphatic rings. The first-order chi connectivity index (χ1) is 13.1. The van der Waals surface area contributed by atoms with Crippen molar-refractivity contribution in [2.75, 3.05) is 13.1 Å². The van der Waals surface area contributed by atoms with E-state index in [1.54, 1.807) is 0 Å². The number of piperidine rings is 1. The lowest BCUT2D eigenvalue weighted by Crippen LogP contribution is -2.51. The minimum atomic E-state index is 0.0482. The quantitative estimate of drug-likeness (QED) is 0.688. The van der Waals surface area contributed by atoms with Crippen molar-refractivity contribution in [1.29, 1.82) is 0 Å². The van der Waals surface area contributed by atoms with Gasteiger partial charge in [-0.3, -0.25) is 4.90 Å². The van der Waals surface area contributed by atoms with E-state index >= 15 is 0 Å². The Morgan fingerprint density at radius 1 is 0.963 bits per heavy atom. The summed E-state index contributed by atoms with van der Waals surface area (Å²) in [4.78, 5) is 2.76. The molecule has 2 nitrogen and oxygen atoms in total. The number of likely N-dealkylation sites (tertiary alicyclic amines) is 1. The Morgan fingerprint density at radius 3 is 2.41 bits per heavy atom. The largest absolute Gasteiger partial charge is 0.487 e. The van der Waals surface area contributed by atoms with Crippen molar-refractivity contribution in [3.05, 3.63) is 53.6 Å². The van der Waals surface area contributed by atoms with Crippen LogP contribution in [0.3, 0.4) is 0 Å². The zero-order valence-corrected chi connectivity index (χ0v) is 16.7. The summed E-state index contributed by atoms with van der Waals surface area (Å²) in [6.07, 6.45) is 7.65. The molecule has 2 fully saturated rings. The normalized spacial score (nSPS) is 26.9. The van der Waals surface area contributed by atoms with Crippen LogP contribution in [-0.4, -0.2) is 29.6 Å². The van der Waals surface area contributed by atoms with Gasteiger partial charge in [-0.15, -0.1) is 0 Å². The zero-order valence-electron chi connectivity index (χ0n) is 16.7. The summed E-state index contributed by atoms with van der Waals surface area (Å²) in [5.74, 6) is 1.99. The van der Waals surface area contributed by atoms with Crippen LogP contribution in [0.2, 0.25) is 0 Å². The highest BCUT2D eigenvalue weighted by atomic mass is 16.5. The van der Waals surface area contributed by atoms with Gasteiger partial charge in [0, 0.05) is 38.4 Å². The first-order valence-electron chi connectivity index (χ1n) is 10.7. The fourth-order valence-corrected chi connectivity index (χ4v) is 5.57. The van der Waals surface area contributed by atoms with Crippen LogP contribution in [0.1, 0.15) is 50.2 Å². The third-order valence-corrected chi connectivity index (χ3v) is 7.28. The Morgan fingerprint density at radius 2 is 1.70 bits per heavy atom. The van der Waals surface area contributed by atoms with Crippen molar-refractivity contribution in [3.8, 4) is 16.9 Å². The number of aryl methyl sites for hydroxylation is 1. The Kier molecular flexibility index (Phi) is 4.27. The van der Waals surface area contributed by atoms with Crippen LogP contribution in [-0.2, 0) is 6.42 Å². The monoisotopic (exact) mass is 361 g/mol. The van der Waals surface area contributed by atoms with Crippen LogP contribution in [0, 0.1) is 12.8 Å². The molecule has 1 spiro atoms. The van der Waals surface area contributed by atoms with Crippen molar-refractivity contribution in [2.45, 2.75) is 64.0 Å². The highest BCUT2D eigenvalue weighted by molar-refractivity contribution is 5.66. The van der Waals surface area contributed by atoms with Crippen molar-refractivity contribution >= 4 is 0 Å². The van der Waals surface area contributed by atoms with Crippen LogP contribution < -0.4 is 4.74 Å². The fraction of sp³-hybridized carbons (Fsp3) is 0.520. The van der Waals surface area contributed by atoms with Gasteiger partial charge in [-0.25, -0.2) is 0 Å². The molecule has 0 amide bonds. The molecule has 142 valence electrons. The summed E-state index contributed by atoms with van der Waals surface area (Å²) < 4.78 is 6.56. The second kappa shape index (κ2) is 6.67. The summed E-state index contributed by atoms with van der Waals surface area (Å²) in [7, 11) is 0. The molecule has 1 saturated carbocycles. The van der Waals surface area contributed by atoms with E-state index in [1.165, 1.54) is 67.4 Å². The van der Waals surface area contributed by atoms with Crippen LogP contribution in [0.25, 0.3) is 11.1 Å². The van der Waals surface area contributed by atoms with Gasteiger partial charge in [0.1, 0.15) is 11.4 Å². The van der Waals surface area contributed by atoms with Crippen molar-refractivity contribution in [3.63, 3.8) is 0 Å². The van der Waals surface area contributed by atoms with Gasteiger partial charge in [-0.1, -0.05) is 49.2 Å². The number of rotatable bonds is 2. The summed E-state index contributed by atoms with van der Waals surface area (Å²) in [5, 5.41) is 0. The number of hydrogen-bond acceptors (Lipinski definition) is 2. The average Bonchev–Trinajstić information content (AvgIpc) is 3.26. The SMILES string of the molecule is Cc1ccc(-c2ccc3c(c2)CC2(CCN(C4CCCC4C)CC2)O3)cc1. The van der Waals surface area contributed by atoms with Gasteiger partial charge >= 0.3 is 0 Å². The lowest BCUT2D eigenvalue weighted by Gasteiger charge is -2.42. The van der Waals surface area contributed by atoms with Gasteiger partial charge in [0.25, 0.3) is 0 Å². The van der Waals surface area contributed by atoms with Crippen molar-refractivity contribution in [2.24, 2.45) is 5.92 Å². The summed E-state index contributed by atoms with van der Waals surface area (Å²) in [6.45, 7) is 6.99. The molecule has 2 heterocycles. The van der Waals surface area contributed by atoms with Gasteiger partial charge in [0.15, 0.2) is 0 Å². The van der Waals surface area contributed by atoms with E-state index < -0.39 is 0 Å². The Balaban J connectivity index is 1.30. The van der Waals surface area contributed by atoms with E-state index in [1.807, 2.05) is 0 Å². The van der Waals surface area contributed by atoms with E-state index in [0.717, 1.165) is 24.1 Å². The predicted molar refractivity (Wildman–Crippen MR) is 111 cm³/mol. The highest BCUT2D eigenvalue weighted by Crippen LogP contribution is 2.43. The first kappa shape index (κ1) is 17.3. The second-order valence-electron chi connectivity index (χ2n) is 9.16. The molecule has 2 atom stereocenters. The molecule has 2 aliphatic heterocycles. The van der Waals surface area contributed by atoms with Crippen molar-refractivity contribution in [1.82, 2.24) is 4.90 Å². The van der Waals surface area contributed by atoms with E-state index in [-0.39, 0.29) is 5.60 Å². The molecule has 5 rings (SSSR count). The van der Waals surface area contributed by atoms with Crippen molar-refractivity contribution < 1.29 is 4.74 Å². The molecule has 2 heteroatoms. The number of nitrogens with zero attached hydrogens (tertiary/aromatic N) is 1. The molecular weight excluding hydrogens is 330 g/mol. The van der Waals surface area contributed by atoms with E-state index in [0.29, 0.717) is 0 Å². The summed E-state index contributed by atoms with van der Waals surface area (Å²) in [6, 6.07) is 16.4. The smallest absolute Gasteiger partial charge is 0.123 e. The lowest BCUT2D eigenvalue weighted by atomic mass is 9.85. The first-order valence-corrected chi connectivity index (χ1v) is 10.7. The molecule has 0 N–H and O–H groups in total. The molecule has 1 saturated heterocycles. The van der Waals surface area contributed by atoms with Crippen LogP contribution >= 0.6 is 0 Å². The number of hydrogen-bond donors (Lipinski definition) is 0. The lowest BCUT2D eigenvalue weighted by molar-refractivity contribution is 0.000775. The number of fused-ring (bicyclic) bond motifs is 1. The zero-order chi connectivity index (χ0) is 18.4. The van der Waals surface area contributed by atoms with Gasteiger partial charge in [0.05, 0.1) is 0 Å². The molecule has 2 unspecified atom stereocenters. The Hall–Kier alpha value is -1.80. The Bertz CT molecular complexity index is 817. The highest BCUT2D eigenvalue weighted by Gasteiger charge is 2.44. The summed E-state index contributed by atoms with van der Waals surface area (Å²) >= 11 is 0. The average molecular weight is 362 g/mol. The maximum Gasteiger partial charge on any atom is 0.123 e. The third-order valence-electron chi connectivity index (χ3n) is 7.28. The maximum atomic E-state index is 6.56. The minimum Gasteiger partial charge on any atom is -0.487 e. The minimum absolute atomic E-state index is 0.0482. The molecule has 2 aromatic carbocycles. The van der Waals surface area contributed by atoms with Crippen LogP contribution in [0.15, 0.2) is 42.5 Å². The second-order valence-corrected chi connectivity index (χ2v) is 9.16. The van der Waals surface area contributed by atoms with Crippen LogP contribution in [0.4, 0.5) is 0 Å². The van der Waals surface area contributed by atoms with E-state index in [2.05, 4.69) is 61.2 Å². The van der Waals surface area contributed by atoms with Gasteiger partial charge < -0.3 is 4.74 Å². The molecule has 1 aliphatic carbocycles. The molecule has 27 heavy (non-hydrogen) atoms.